The predicted molar refractivity (Wildman–Crippen MR) is 142 cm³/mol. The molecule has 0 spiro atoms. The molecule has 3 aromatic rings. The molecule has 1 aromatic carbocycles. The summed E-state index contributed by atoms with van der Waals surface area (Å²) in [6.45, 7) is 7.90. The molecule has 1 atom stereocenters. The van der Waals surface area contributed by atoms with E-state index in [1.165, 1.54) is 14.2 Å². The number of methoxy groups -OCH3 is 2. The van der Waals surface area contributed by atoms with Gasteiger partial charge in [0.1, 0.15) is 17.5 Å². The number of aryl methyl sites for hydroxylation is 1. The Labute approximate surface area is 215 Å². The van der Waals surface area contributed by atoms with Crippen LogP contribution in [0.1, 0.15) is 38.3 Å². The van der Waals surface area contributed by atoms with Gasteiger partial charge in [-0.2, -0.15) is 9.97 Å². The Morgan fingerprint density at radius 3 is 2.35 bits per heavy atom. The van der Waals surface area contributed by atoms with Crippen molar-refractivity contribution in [3.8, 4) is 17.2 Å². The second-order valence-electron chi connectivity index (χ2n) is 9.41. The van der Waals surface area contributed by atoms with Crippen molar-refractivity contribution < 1.29 is 23.7 Å². The highest BCUT2D eigenvalue weighted by Gasteiger charge is 2.23. The largest absolute Gasteiger partial charge is 0.493 e. The fraction of sp³-hybridized carbons (Fsp3) is 0.440. The summed E-state index contributed by atoms with van der Waals surface area (Å²) in [5, 5.41) is 4.01. The molecule has 12 nitrogen and oxygen atoms in total. The number of esters is 1. The van der Waals surface area contributed by atoms with Crippen molar-refractivity contribution in [3.63, 3.8) is 0 Å². The molecule has 3 rings (SSSR count). The lowest BCUT2D eigenvalue weighted by Gasteiger charge is -2.22. The van der Waals surface area contributed by atoms with Gasteiger partial charge < -0.3 is 41.5 Å². The molecule has 37 heavy (non-hydrogen) atoms. The molecule has 0 saturated heterocycles. The summed E-state index contributed by atoms with van der Waals surface area (Å²) in [7, 11) is 3.06. The number of nitrogens with zero attached hydrogens (tertiary/aromatic N) is 3. The Balaban J connectivity index is 1.72. The third-order valence-electron chi connectivity index (χ3n) is 5.46. The number of anilines is 3. The minimum absolute atomic E-state index is 0.0797. The Morgan fingerprint density at radius 1 is 1.11 bits per heavy atom. The molecule has 0 radical (unpaired) electrons. The lowest BCUT2D eigenvalue weighted by Crippen LogP contribution is -2.38. The lowest BCUT2D eigenvalue weighted by molar-refractivity contribution is -0.156. The summed E-state index contributed by atoms with van der Waals surface area (Å²) in [5.41, 5.74) is 20.1. The number of carbonyl (C=O) groups excluding carboxylic acids is 1. The second-order valence-corrected chi connectivity index (χ2v) is 9.41. The van der Waals surface area contributed by atoms with Crippen LogP contribution in [-0.2, 0) is 16.1 Å². The van der Waals surface area contributed by atoms with E-state index in [2.05, 4.69) is 20.3 Å². The van der Waals surface area contributed by atoms with Gasteiger partial charge in [0.2, 0.25) is 11.7 Å². The van der Waals surface area contributed by atoms with E-state index in [1.807, 2.05) is 6.92 Å². The van der Waals surface area contributed by atoms with Gasteiger partial charge in [-0.05, 0) is 38.8 Å². The maximum atomic E-state index is 12.1. The molecule has 0 unspecified atom stereocenters. The standard InChI is InChI=1S/C25H35N7O5/c1-13-14(12-30-22-19(13)21(27)31-24(28)32-22)11-29-15-9-17(34-5)20(18(10-15)35-6)36-8-7-16(26)23(33)37-25(2,3)4/h9-10,12,16,29H,7-8,11,26H2,1-6H3,(H4,27,28,30,31,32)/t16-/m0/s1. The molecule has 200 valence electrons. The first-order chi connectivity index (χ1) is 17.4. The topological polar surface area (TPSA) is 183 Å². The van der Waals surface area contributed by atoms with Crippen LogP contribution in [0.2, 0.25) is 0 Å². The Kier molecular flexibility index (Phi) is 8.43. The van der Waals surface area contributed by atoms with Gasteiger partial charge >= 0.3 is 5.97 Å². The van der Waals surface area contributed by atoms with Crippen molar-refractivity contribution in [1.29, 1.82) is 0 Å². The van der Waals surface area contributed by atoms with Crippen LogP contribution in [0.5, 0.6) is 17.2 Å². The number of carbonyl (C=O) groups is 1. The third-order valence-corrected chi connectivity index (χ3v) is 5.46. The quantitative estimate of drug-likeness (QED) is 0.291. The van der Waals surface area contributed by atoms with Gasteiger partial charge in [0.25, 0.3) is 0 Å². The number of pyridine rings is 1. The number of hydrogen-bond donors (Lipinski definition) is 4. The van der Waals surface area contributed by atoms with Crippen LogP contribution in [0.4, 0.5) is 17.5 Å². The van der Waals surface area contributed by atoms with Crippen molar-refractivity contribution >= 4 is 34.5 Å². The second kappa shape index (κ2) is 11.3. The summed E-state index contributed by atoms with van der Waals surface area (Å²) >= 11 is 0. The fourth-order valence-electron chi connectivity index (χ4n) is 3.62. The van der Waals surface area contributed by atoms with Gasteiger partial charge in [-0.3, -0.25) is 4.79 Å². The molecule has 0 aliphatic carbocycles. The SMILES string of the molecule is COc1cc(NCc2cnc3nc(N)nc(N)c3c2C)cc(OC)c1OCC[C@H](N)C(=O)OC(C)(C)C. The molecular weight excluding hydrogens is 478 g/mol. The highest BCUT2D eigenvalue weighted by atomic mass is 16.6. The van der Waals surface area contributed by atoms with Crippen molar-refractivity contribution in [3.05, 3.63) is 29.5 Å². The van der Waals surface area contributed by atoms with Gasteiger partial charge in [-0.25, -0.2) is 4.98 Å². The van der Waals surface area contributed by atoms with E-state index < -0.39 is 17.6 Å². The number of nitrogens with two attached hydrogens (primary N) is 3. The van der Waals surface area contributed by atoms with E-state index in [0.29, 0.717) is 34.8 Å². The highest BCUT2D eigenvalue weighted by molar-refractivity contribution is 5.90. The van der Waals surface area contributed by atoms with Crippen LogP contribution in [0, 0.1) is 6.92 Å². The van der Waals surface area contributed by atoms with Gasteiger partial charge in [0.05, 0.1) is 26.2 Å². The summed E-state index contributed by atoms with van der Waals surface area (Å²) < 4.78 is 22.3. The third kappa shape index (κ3) is 6.79. The average Bonchev–Trinajstić information content (AvgIpc) is 2.82. The number of nitrogens with one attached hydrogen (secondary N) is 1. The lowest BCUT2D eigenvalue weighted by atomic mass is 10.1. The van der Waals surface area contributed by atoms with Crippen LogP contribution < -0.4 is 36.7 Å². The zero-order valence-corrected chi connectivity index (χ0v) is 22.0. The maximum absolute atomic E-state index is 12.1. The monoisotopic (exact) mass is 513 g/mol. The predicted octanol–water partition coefficient (Wildman–Crippen LogP) is 2.56. The molecule has 7 N–H and O–H groups in total. The van der Waals surface area contributed by atoms with Crippen LogP contribution in [0.3, 0.4) is 0 Å². The number of aromatic nitrogens is 3. The Bertz CT molecular complexity index is 1250. The number of benzene rings is 1. The zero-order chi connectivity index (χ0) is 27.3. The van der Waals surface area contributed by atoms with Crippen molar-refractivity contribution in [2.75, 3.05) is 37.6 Å². The maximum Gasteiger partial charge on any atom is 0.323 e. The summed E-state index contributed by atoms with van der Waals surface area (Å²) in [5.74, 6) is 1.19. The van der Waals surface area contributed by atoms with Crippen molar-refractivity contribution in [1.82, 2.24) is 15.0 Å². The zero-order valence-electron chi connectivity index (χ0n) is 22.0. The molecule has 0 aliphatic heterocycles. The van der Waals surface area contributed by atoms with Gasteiger partial charge in [0.15, 0.2) is 17.1 Å². The van der Waals surface area contributed by atoms with E-state index >= 15 is 0 Å². The average molecular weight is 514 g/mol. The van der Waals surface area contributed by atoms with Crippen LogP contribution in [0.15, 0.2) is 18.3 Å². The number of nitrogen functional groups attached to an aromatic ring is 2. The molecule has 0 aliphatic rings. The smallest absolute Gasteiger partial charge is 0.323 e. The minimum atomic E-state index is -0.813. The van der Waals surface area contributed by atoms with E-state index in [0.717, 1.165) is 16.8 Å². The molecule has 0 amide bonds. The van der Waals surface area contributed by atoms with E-state index in [1.54, 1.807) is 39.1 Å². The van der Waals surface area contributed by atoms with Gasteiger partial charge in [-0.15, -0.1) is 0 Å². The summed E-state index contributed by atoms with van der Waals surface area (Å²) in [6, 6.07) is 2.76. The first kappa shape index (κ1) is 27.5. The molecule has 2 aromatic heterocycles. The molecule has 0 saturated carbocycles. The summed E-state index contributed by atoms with van der Waals surface area (Å²) in [6.07, 6.45) is 1.98. The summed E-state index contributed by atoms with van der Waals surface area (Å²) in [4.78, 5) is 24.7. The van der Waals surface area contributed by atoms with Crippen LogP contribution in [-0.4, -0.2) is 53.4 Å². The number of fused-ring (bicyclic) bond motifs is 1. The first-order valence-electron chi connectivity index (χ1n) is 11.7. The van der Waals surface area contributed by atoms with Gasteiger partial charge in [-0.1, -0.05) is 0 Å². The molecular formula is C25H35N7O5. The number of hydrogen-bond acceptors (Lipinski definition) is 12. The van der Waals surface area contributed by atoms with Crippen molar-refractivity contribution in [2.24, 2.45) is 5.73 Å². The number of rotatable bonds is 10. The van der Waals surface area contributed by atoms with Gasteiger partial charge in [0, 0.05) is 37.0 Å². The molecule has 12 heteroatoms. The highest BCUT2D eigenvalue weighted by Crippen LogP contribution is 2.40. The van der Waals surface area contributed by atoms with E-state index in [9.17, 15) is 4.79 Å². The van der Waals surface area contributed by atoms with Crippen molar-refractivity contribution in [2.45, 2.75) is 52.3 Å². The van der Waals surface area contributed by atoms with Crippen LogP contribution >= 0.6 is 0 Å². The van der Waals surface area contributed by atoms with Crippen LogP contribution in [0.25, 0.3) is 11.0 Å². The normalized spacial score (nSPS) is 12.2. The number of ether oxygens (including phenoxy) is 4. The Hall–Kier alpha value is -4.06. The fourth-order valence-corrected chi connectivity index (χ4v) is 3.62. The van der Waals surface area contributed by atoms with E-state index in [-0.39, 0.29) is 24.8 Å². The molecule has 0 bridgehead atoms. The Morgan fingerprint density at radius 2 is 1.76 bits per heavy atom. The minimum Gasteiger partial charge on any atom is -0.493 e. The first-order valence-corrected chi connectivity index (χ1v) is 11.7. The molecule has 2 heterocycles. The molecule has 0 fully saturated rings. The van der Waals surface area contributed by atoms with E-state index in [4.69, 9.17) is 36.1 Å².